The van der Waals surface area contributed by atoms with Crippen LogP contribution in [0.5, 0.6) is 11.5 Å². The van der Waals surface area contributed by atoms with Crippen LogP contribution in [0.15, 0.2) is 46.9 Å². The molecule has 0 aromatic heterocycles. The van der Waals surface area contributed by atoms with Crippen LogP contribution in [0.25, 0.3) is 0 Å². The molecular formula is C18H22BrNO. The molecule has 2 nitrogen and oxygen atoms in total. The number of benzene rings is 2. The second-order valence-corrected chi connectivity index (χ2v) is 5.94. The van der Waals surface area contributed by atoms with E-state index in [2.05, 4.69) is 66.3 Å². The van der Waals surface area contributed by atoms with Gasteiger partial charge in [-0.1, -0.05) is 54.0 Å². The van der Waals surface area contributed by atoms with Crippen LogP contribution >= 0.6 is 15.9 Å². The second kappa shape index (κ2) is 7.62. The highest BCUT2D eigenvalue weighted by atomic mass is 79.9. The largest absolute Gasteiger partial charge is 0.457 e. The Morgan fingerprint density at radius 3 is 2.57 bits per heavy atom. The summed E-state index contributed by atoms with van der Waals surface area (Å²) in [6.07, 6.45) is 0.961. The van der Waals surface area contributed by atoms with Gasteiger partial charge in [0.2, 0.25) is 0 Å². The first kappa shape index (κ1) is 16.1. The van der Waals surface area contributed by atoms with Gasteiger partial charge in [-0.25, -0.2) is 0 Å². The Balaban J connectivity index is 2.36. The smallest absolute Gasteiger partial charge is 0.133 e. The lowest BCUT2D eigenvalue weighted by Crippen LogP contribution is -2.18. The van der Waals surface area contributed by atoms with Crippen molar-refractivity contribution in [2.24, 2.45) is 0 Å². The average molecular weight is 348 g/mol. The summed E-state index contributed by atoms with van der Waals surface area (Å²) in [5.41, 5.74) is 2.39. The van der Waals surface area contributed by atoms with E-state index in [9.17, 15) is 0 Å². The Hall–Kier alpha value is -1.32. The topological polar surface area (TPSA) is 21.3 Å². The Kier molecular flexibility index (Phi) is 5.83. The molecule has 1 unspecified atom stereocenters. The quantitative estimate of drug-likeness (QED) is 0.747. The molecule has 1 N–H and O–H groups in total. The molecular weight excluding hydrogens is 326 g/mol. The Labute approximate surface area is 135 Å². The number of ether oxygens (including phenoxy) is 1. The van der Waals surface area contributed by atoms with Gasteiger partial charge >= 0.3 is 0 Å². The van der Waals surface area contributed by atoms with E-state index in [1.54, 1.807) is 0 Å². The van der Waals surface area contributed by atoms with Crippen LogP contribution in [-0.4, -0.2) is 6.54 Å². The number of hydrogen-bond acceptors (Lipinski definition) is 2. The molecule has 2 aromatic carbocycles. The van der Waals surface area contributed by atoms with Crippen molar-refractivity contribution in [3.63, 3.8) is 0 Å². The van der Waals surface area contributed by atoms with Crippen LogP contribution in [0.3, 0.4) is 0 Å². The van der Waals surface area contributed by atoms with Crippen LogP contribution in [-0.2, 0) is 6.42 Å². The van der Waals surface area contributed by atoms with Crippen LogP contribution in [0.4, 0.5) is 0 Å². The van der Waals surface area contributed by atoms with Crippen LogP contribution in [0.2, 0.25) is 0 Å². The van der Waals surface area contributed by atoms with E-state index in [-0.39, 0.29) is 6.04 Å². The summed E-state index contributed by atoms with van der Waals surface area (Å²) in [4.78, 5) is 0. The zero-order chi connectivity index (χ0) is 15.2. The lowest BCUT2D eigenvalue weighted by molar-refractivity contribution is 0.458. The fourth-order valence-corrected chi connectivity index (χ4v) is 2.72. The van der Waals surface area contributed by atoms with Crippen molar-refractivity contribution in [3.8, 4) is 11.5 Å². The summed E-state index contributed by atoms with van der Waals surface area (Å²) >= 11 is 3.53. The lowest BCUT2D eigenvalue weighted by Gasteiger charge is -2.19. The van der Waals surface area contributed by atoms with E-state index < -0.39 is 0 Å². The summed E-state index contributed by atoms with van der Waals surface area (Å²) in [6, 6.07) is 14.7. The maximum atomic E-state index is 6.21. The molecule has 0 amide bonds. The van der Waals surface area contributed by atoms with Crippen molar-refractivity contribution in [1.82, 2.24) is 5.32 Å². The molecule has 0 spiro atoms. The molecule has 1 atom stereocenters. The third kappa shape index (κ3) is 4.08. The highest BCUT2D eigenvalue weighted by Crippen LogP contribution is 2.33. The summed E-state index contributed by atoms with van der Waals surface area (Å²) in [5.74, 6) is 1.83. The van der Waals surface area contributed by atoms with Gasteiger partial charge in [0.25, 0.3) is 0 Å². The highest BCUT2D eigenvalue weighted by molar-refractivity contribution is 9.10. The van der Waals surface area contributed by atoms with Crippen molar-refractivity contribution in [3.05, 3.63) is 58.1 Å². The van der Waals surface area contributed by atoms with Crippen molar-refractivity contribution in [2.45, 2.75) is 33.2 Å². The number of hydrogen-bond donors (Lipinski definition) is 1. The first-order chi connectivity index (χ1) is 10.2. The van der Waals surface area contributed by atoms with Gasteiger partial charge in [-0.3, -0.25) is 0 Å². The number of para-hydroxylation sites is 1. The SMILES string of the molecule is CCNC(C)c1ccc(Br)cc1Oc1ccccc1CC. The zero-order valence-corrected chi connectivity index (χ0v) is 14.4. The van der Waals surface area contributed by atoms with Gasteiger partial charge in [-0.05, 0) is 43.7 Å². The second-order valence-electron chi connectivity index (χ2n) is 5.02. The molecule has 2 rings (SSSR count). The summed E-state index contributed by atoms with van der Waals surface area (Å²) < 4.78 is 7.24. The maximum Gasteiger partial charge on any atom is 0.133 e. The van der Waals surface area contributed by atoms with E-state index in [1.807, 2.05) is 18.2 Å². The summed E-state index contributed by atoms with van der Waals surface area (Å²) in [5, 5.41) is 3.44. The first-order valence-corrected chi connectivity index (χ1v) is 8.23. The minimum absolute atomic E-state index is 0.256. The van der Waals surface area contributed by atoms with E-state index in [0.717, 1.165) is 28.9 Å². The molecule has 0 saturated carbocycles. The van der Waals surface area contributed by atoms with E-state index >= 15 is 0 Å². The molecule has 0 bridgehead atoms. The molecule has 0 fully saturated rings. The van der Waals surface area contributed by atoms with Crippen molar-refractivity contribution >= 4 is 15.9 Å². The molecule has 0 aliphatic heterocycles. The summed E-state index contributed by atoms with van der Waals surface area (Å²) in [7, 11) is 0. The molecule has 2 aromatic rings. The standard InChI is InChI=1S/C18H22BrNO/c1-4-14-8-6-7-9-17(14)21-18-12-15(19)10-11-16(18)13(3)20-5-2/h6-13,20H,4-5H2,1-3H3. The molecule has 0 aliphatic rings. The first-order valence-electron chi connectivity index (χ1n) is 7.44. The number of rotatable bonds is 6. The minimum atomic E-state index is 0.256. The van der Waals surface area contributed by atoms with Gasteiger partial charge in [0.05, 0.1) is 0 Å². The van der Waals surface area contributed by atoms with Crippen molar-refractivity contribution < 1.29 is 4.74 Å². The van der Waals surface area contributed by atoms with E-state index in [0.29, 0.717) is 0 Å². The van der Waals surface area contributed by atoms with Crippen LogP contribution in [0, 0.1) is 0 Å². The minimum Gasteiger partial charge on any atom is -0.457 e. The van der Waals surface area contributed by atoms with Gasteiger partial charge in [0.15, 0.2) is 0 Å². The van der Waals surface area contributed by atoms with E-state index in [1.165, 1.54) is 11.1 Å². The average Bonchev–Trinajstić information content (AvgIpc) is 2.48. The van der Waals surface area contributed by atoms with Gasteiger partial charge < -0.3 is 10.1 Å². The number of halogens is 1. The van der Waals surface area contributed by atoms with E-state index in [4.69, 9.17) is 4.74 Å². The summed E-state index contributed by atoms with van der Waals surface area (Å²) in [6.45, 7) is 7.35. The lowest BCUT2D eigenvalue weighted by atomic mass is 10.1. The predicted molar refractivity (Wildman–Crippen MR) is 92.1 cm³/mol. The predicted octanol–water partition coefficient (Wildman–Crippen LogP) is 5.47. The van der Waals surface area contributed by atoms with Gasteiger partial charge in [0.1, 0.15) is 11.5 Å². The number of aryl methyl sites for hydroxylation is 1. The monoisotopic (exact) mass is 347 g/mol. The highest BCUT2D eigenvalue weighted by Gasteiger charge is 2.13. The van der Waals surface area contributed by atoms with Gasteiger partial charge in [-0.15, -0.1) is 0 Å². The fraction of sp³-hybridized carbons (Fsp3) is 0.333. The Bertz CT molecular complexity index is 598. The van der Waals surface area contributed by atoms with Crippen molar-refractivity contribution in [2.75, 3.05) is 6.54 Å². The normalized spacial score (nSPS) is 12.2. The zero-order valence-electron chi connectivity index (χ0n) is 12.8. The fourth-order valence-electron chi connectivity index (χ4n) is 2.38. The Morgan fingerprint density at radius 1 is 1.10 bits per heavy atom. The molecule has 112 valence electrons. The molecule has 0 radical (unpaired) electrons. The molecule has 3 heteroatoms. The van der Waals surface area contributed by atoms with Gasteiger partial charge in [0, 0.05) is 16.1 Å². The molecule has 0 aliphatic carbocycles. The molecule has 21 heavy (non-hydrogen) atoms. The van der Waals surface area contributed by atoms with Crippen molar-refractivity contribution in [1.29, 1.82) is 0 Å². The maximum absolute atomic E-state index is 6.21. The third-order valence-electron chi connectivity index (χ3n) is 3.53. The van der Waals surface area contributed by atoms with Crippen LogP contribution < -0.4 is 10.1 Å². The number of nitrogens with one attached hydrogen (secondary N) is 1. The van der Waals surface area contributed by atoms with Crippen LogP contribution in [0.1, 0.15) is 37.9 Å². The van der Waals surface area contributed by atoms with Gasteiger partial charge in [-0.2, -0.15) is 0 Å². The Morgan fingerprint density at radius 2 is 1.86 bits per heavy atom. The third-order valence-corrected chi connectivity index (χ3v) is 4.02. The molecule has 0 saturated heterocycles. The molecule has 0 heterocycles.